The summed E-state index contributed by atoms with van der Waals surface area (Å²) in [6, 6.07) is 3.06. The third-order valence-electron chi connectivity index (χ3n) is 4.36. The van der Waals surface area contributed by atoms with Gasteiger partial charge in [-0.1, -0.05) is 6.92 Å². The molecule has 0 bridgehead atoms. The van der Waals surface area contributed by atoms with E-state index in [0.29, 0.717) is 24.5 Å². The zero-order valence-electron chi connectivity index (χ0n) is 14.5. The molecule has 0 amide bonds. The van der Waals surface area contributed by atoms with Crippen LogP contribution < -0.4 is 10.6 Å². The highest BCUT2D eigenvalue weighted by molar-refractivity contribution is 5.80. The Hall–Kier alpha value is -1.56. The molecule has 1 aliphatic rings. The molecule has 6 heteroatoms. The van der Waals surface area contributed by atoms with E-state index in [9.17, 15) is 0 Å². The summed E-state index contributed by atoms with van der Waals surface area (Å²) in [6.45, 7) is 12.7. The zero-order valence-corrected chi connectivity index (χ0v) is 14.5. The number of likely N-dealkylation sites (tertiary alicyclic amines) is 1. The molecular formula is C16H30N6. The second-order valence-electron chi connectivity index (χ2n) is 6.42. The lowest BCUT2D eigenvalue weighted by Gasteiger charge is -2.21. The Morgan fingerprint density at radius 3 is 2.77 bits per heavy atom. The maximum Gasteiger partial charge on any atom is 0.191 e. The Balaban J connectivity index is 1.98. The van der Waals surface area contributed by atoms with Gasteiger partial charge in [-0.25, -0.2) is 4.99 Å². The smallest absolute Gasteiger partial charge is 0.191 e. The molecule has 1 fully saturated rings. The van der Waals surface area contributed by atoms with Crippen LogP contribution in [0.25, 0.3) is 0 Å². The van der Waals surface area contributed by atoms with Gasteiger partial charge in [-0.2, -0.15) is 5.10 Å². The highest BCUT2D eigenvalue weighted by atomic mass is 15.3. The molecule has 2 unspecified atom stereocenters. The molecule has 2 N–H and O–H groups in total. The first kappa shape index (κ1) is 16.8. The second kappa shape index (κ2) is 7.63. The summed E-state index contributed by atoms with van der Waals surface area (Å²) in [5.74, 6) is 1.52. The monoisotopic (exact) mass is 306 g/mol. The second-order valence-corrected chi connectivity index (χ2v) is 6.42. The van der Waals surface area contributed by atoms with Crippen molar-refractivity contribution in [1.82, 2.24) is 25.3 Å². The molecule has 0 radical (unpaired) electrons. The van der Waals surface area contributed by atoms with E-state index >= 15 is 0 Å². The van der Waals surface area contributed by atoms with Gasteiger partial charge < -0.3 is 10.6 Å². The number of nitrogens with zero attached hydrogens (tertiary/aromatic N) is 4. The van der Waals surface area contributed by atoms with E-state index in [1.54, 1.807) is 0 Å². The van der Waals surface area contributed by atoms with Crippen LogP contribution in [0, 0.1) is 5.92 Å². The van der Waals surface area contributed by atoms with Crippen molar-refractivity contribution in [1.29, 1.82) is 0 Å². The first-order valence-electron chi connectivity index (χ1n) is 8.27. The Kier molecular flexibility index (Phi) is 5.83. The Bertz CT molecular complexity index is 493. The van der Waals surface area contributed by atoms with Crippen molar-refractivity contribution in [2.45, 2.75) is 46.3 Å². The summed E-state index contributed by atoms with van der Waals surface area (Å²) in [6.07, 6.45) is 1.81. The van der Waals surface area contributed by atoms with Crippen LogP contribution in [-0.2, 0) is 13.6 Å². The van der Waals surface area contributed by atoms with E-state index in [1.165, 1.54) is 0 Å². The lowest BCUT2D eigenvalue weighted by Crippen LogP contribution is -2.46. The van der Waals surface area contributed by atoms with Crippen LogP contribution in [0.2, 0.25) is 0 Å². The topological polar surface area (TPSA) is 57.5 Å². The number of hydrogen-bond donors (Lipinski definition) is 2. The molecule has 2 rings (SSSR count). The number of hydrogen-bond acceptors (Lipinski definition) is 3. The molecule has 1 aliphatic heterocycles. The van der Waals surface area contributed by atoms with Crippen LogP contribution in [0.1, 0.15) is 33.4 Å². The molecule has 0 spiro atoms. The van der Waals surface area contributed by atoms with E-state index in [4.69, 9.17) is 4.99 Å². The maximum atomic E-state index is 4.70. The van der Waals surface area contributed by atoms with E-state index < -0.39 is 0 Å². The Morgan fingerprint density at radius 1 is 1.45 bits per heavy atom. The van der Waals surface area contributed by atoms with Crippen molar-refractivity contribution >= 4 is 5.96 Å². The van der Waals surface area contributed by atoms with Crippen LogP contribution >= 0.6 is 0 Å². The summed E-state index contributed by atoms with van der Waals surface area (Å²) < 4.78 is 1.87. The highest BCUT2D eigenvalue weighted by Gasteiger charge is 2.31. The average molecular weight is 306 g/mol. The largest absolute Gasteiger partial charge is 0.357 e. The minimum atomic E-state index is 0.451. The zero-order chi connectivity index (χ0) is 16.1. The van der Waals surface area contributed by atoms with Crippen molar-refractivity contribution in [3.63, 3.8) is 0 Å². The lowest BCUT2D eigenvalue weighted by molar-refractivity contribution is 0.265. The molecule has 1 aromatic rings. The van der Waals surface area contributed by atoms with Crippen molar-refractivity contribution in [3.05, 3.63) is 18.0 Å². The van der Waals surface area contributed by atoms with Crippen LogP contribution in [0.4, 0.5) is 0 Å². The molecule has 0 aromatic carbocycles. The molecule has 0 aliphatic carbocycles. The predicted octanol–water partition coefficient (Wildman–Crippen LogP) is 1.20. The summed E-state index contributed by atoms with van der Waals surface area (Å²) in [5, 5.41) is 11.1. The minimum absolute atomic E-state index is 0.451. The molecule has 1 aromatic heterocycles. The van der Waals surface area contributed by atoms with Crippen LogP contribution in [0.5, 0.6) is 0 Å². The number of aromatic nitrogens is 2. The third-order valence-corrected chi connectivity index (χ3v) is 4.36. The number of nitrogens with one attached hydrogen (secondary N) is 2. The quantitative estimate of drug-likeness (QED) is 0.634. The van der Waals surface area contributed by atoms with E-state index in [1.807, 2.05) is 24.0 Å². The average Bonchev–Trinajstić information content (AvgIpc) is 3.03. The SMILES string of the molecule is CCNC(=NCc1ccnn1C)NC1CN(C(C)C)CC1C. The summed E-state index contributed by atoms with van der Waals surface area (Å²) in [5.41, 5.74) is 1.11. The van der Waals surface area contributed by atoms with Gasteiger partial charge in [0.2, 0.25) is 0 Å². The van der Waals surface area contributed by atoms with Crippen LogP contribution in [0.3, 0.4) is 0 Å². The van der Waals surface area contributed by atoms with Gasteiger partial charge in [-0.15, -0.1) is 0 Å². The van der Waals surface area contributed by atoms with Crippen molar-refractivity contribution in [3.8, 4) is 0 Å². The van der Waals surface area contributed by atoms with Gasteiger partial charge >= 0.3 is 0 Å². The first-order valence-corrected chi connectivity index (χ1v) is 8.27. The predicted molar refractivity (Wildman–Crippen MR) is 90.8 cm³/mol. The molecule has 0 saturated carbocycles. The number of rotatable bonds is 5. The van der Waals surface area contributed by atoms with Gasteiger partial charge in [-0.3, -0.25) is 9.58 Å². The normalized spacial score (nSPS) is 23.3. The molecule has 6 nitrogen and oxygen atoms in total. The molecule has 2 heterocycles. The third kappa shape index (κ3) is 4.22. The van der Waals surface area contributed by atoms with Gasteiger partial charge in [0.1, 0.15) is 0 Å². The number of guanidine groups is 1. The van der Waals surface area contributed by atoms with Crippen molar-refractivity contribution in [2.24, 2.45) is 18.0 Å². The Morgan fingerprint density at radius 2 is 2.23 bits per heavy atom. The van der Waals surface area contributed by atoms with E-state index in [-0.39, 0.29) is 0 Å². The van der Waals surface area contributed by atoms with Crippen LogP contribution in [0.15, 0.2) is 17.3 Å². The fourth-order valence-electron chi connectivity index (χ4n) is 2.83. The highest BCUT2D eigenvalue weighted by Crippen LogP contribution is 2.18. The summed E-state index contributed by atoms with van der Waals surface area (Å²) in [4.78, 5) is 7.22. The van der Waals surface area contributed by atoms with Crippen molar-refractivity contribution in [2.75, 3.05) is 19.6 Å². The van der Waals surface area contributed by atoms with Gasteiger partial charge in [0.05, 0.1) is 12.2 Å². The Labute approximate surface area is 134 Å². The van der Waals surface area contributed by atoms with Gasteiger partial charge in [0, 0.05) is 45.0 Å². The van der Waals surface area contributed by atoms with Crippen LogP contribution in [-0.4, -0.2) is 52.4 Å². The fourth-order valence-corrected chi connectivity index (χ4v) is 2.83. The number of aliphatic imine (C=N–C) groups is 1. The molecular weight excluding hydrogens is 276 g/mol. The van der Waals surface area contributed by atoms with Gasteiger partial charge in [0.15, 0.2) is 5.96 Å². The summed E-state index contributed by atoms with van der Waals surface area (Å²) >= 11 is 0. The minimum Gasteiger partial charge on any atom is -0.357 e. The molecule has 124 valence electrons. The van der Waals surface area contributed by atoms with Gasteiger partial charge in [0.25, 0.3) is 0 Å². The summed E-state index contributed by atoms with van der Waals surface area (Å²) in [7, 11) is 1.95. The molecule has 1 saturated heterocycles. The van der Waals surface area contributed by atoms with E-state index in [2.05, 4.69) is 48.3 Å². The standard InChI is InChI=1S/C16H30N6/c1-6-17-16(18-9-14-7-8-19-21(14)5)20-15-11-22(12(2)3)10-13(15)4/h7-8,12-13,15H,6,9-11H2,1-5H3,(H2,17,18,20). The lowest BCUT2D eigenvalue weighted by atomic mass is 10.1. The van der Waals surface area contributed by atoms with Crippen molar-refractivity contribution < 1.29 is 0 Å². The fraction of sp³-hybridized carbons (Fsp3) is 0.750. The number of aryl methyl sites for hydroxylation is 1. The maximum absolute atomic E-state index is 4.70. The molecule has 22 heavy (non-hydrogen) atoms. The van der Waals surface area contributed by atoms with Gasteiger partial charge in [-0.05, 0) is 32.8 Å². The van der Waals surface area contributed by atoms with E-state index in [0.717, 1.165) is 31.3 Å². The first-order chi connectivity index (χ1) is 10.5. The molecule has 2 atom stereocenters.